The van der Waals surface area contributed by atoms with E-state index in [-0.39, 0.29) is 29.7 Å². The lowest BCUT2D eigenvalue weighted by Crippen LogP contribution is -2.56. The van der Waals surface area contributed by atoms with Crippen molar-refractivity contribution in [2.24, 2.45) is 7.05 Å². The number of amides is 4. The minimum Gasteiger partial charge on any atom is -0.391 e. The molecule has 0 unspecified atom stereocenters. The summed E-state index contributed by atoms with van der Waals surface area (Å²) in [6, 6.07) is 3.37. The summed E-state index contributed by atoms with van der Waals surface area (Å²) in [6.07, 6.45) is 1.52. The Labute approximate surface area is 220 Å². The number of halogens is 1. The number of aliphatic hydroxyl groups excluding tert-OH is 1. The molecular formula is C25H33ClN6O5. The van der Waals surface area contributed by atoms with Crippen molar-refractivity contribution in [3.05, 3.63) is 51.8 Å². The molecule has 3 atom stereocenters. The molecular weight excluding hydrogens is 500 g/mol. The van der Waals surface area contributed by atoms with Gasteiger partial charge in [0.15, 0.2) is 5.69 Å². The summed E-state index contributed by atoms with van der Waals surface area (Å²) in [6.45, 7) is 5.05. The third-order valence-corrected chi connectivity index (χ3v) is 6.38. The van der Waals surface area contributed by atoms with Crippen molar-refractivity contribution in [2.75, 3.05) is 19.6 Å². The van der Waals surface area contributed by atoms with Gasteiger partial charge in [0, 0.05) is 37.9 Å². The summed E-state index contributed by atoms with van der Waals surface area (Å²) < 4.78 is 1.40. The molecule has 1 aromatic carbocycles. The number of rotatable bonds is 2. The minimum atomic E-state index is -1.23. The van der Waals surface area contributed by atoms with Crippen LogP contribution in [0.3, 0.4) is 0 Å². The van der Waals surface area contributed by atoms with E-state index in [1.165, 1.54) is 22.7 Å². The molecule has 0 aliphatic carbocycles. The number of fused-ring (bicyclic) bond motifs is 2. The Kier molecular flexibility index (Phi) is 9.28. The van der Waals surface area contributed by atoms with Crippen LogP contribution in [0.25, 0.3) is 0 Å². The van der Waals surface area contributed by atoms with Gasteiger partial charge in [0.2, 0.25) is 11.8 Å². The van der Waals surface area contributed by atoms with Gasteiger partial charge in [-0.2, -0.15) is 5.10 Å². The number of hydrogen-bond acceptors (Lipinski definition) is 6. The van der Waals surface area contributed by atoms with Gasteiger partial charge >= 0.3 is 0 Å². The molecule has 0 radical (unpaired) electrons. The molecule has 3 rings (SSSR count). The number of nitrogens with zero attached hydrogens (tertiary/aromatic N) is 3. The zero-order valence-corrected chi connectivity index (χ0v) is 22.1. The van der Waals surface area contributed by atoms with Gasteiger partial charge in [0.25, 0.3) is 11.8 Å². The normalized spacial score (nSPS) is 20.9. The molecule has 4 amide bonds. The van der Waals surface area contributed by atoms with E-state index in [0.29, 0.717) is 24.9 Å². The highest BCUT2D eigenvalue weighted by molar-refractivity contribution is 6.33. The second-order valence-electron chi connectivity index (χ2n) is 9.38. The molecule has 2 bridgehead atoms. The van der Waals surface area contributed by atoms with E-state index in [1.807, 2.05) is 13.0 Å². The Morgan fingerprint density at radius 2 is 1.97 bits per heavy atom. The third-order valence-electron chi connectivity index (χ3n) is 6.10. The van der Waals surface area contributed by atoms with E-state index in [2.05, 4.69) is 21.0 Å². The molecule has 4 N–H and O–H groups in total. The fraction of sp³-hybridized carbons (Fsp3) is 0.480. The van der Waals surface area contributed by atoms with E-state index in [4.69, 9.17) is 11.6 Å². The molecule has 11 nitrogen and oxygen atoms in total. The van der Waals surface area contributed by atoms with Crippen LogP contribution in [0.2, 0.25) is 5.02 Å². The molecule has 2 heterocycles. The van der Waals surface area contributed by atoms with Crippen molar-refractivity contribution in [1.82, 2.24) is 30.6 Å². The number of carbonyl (C=O) groups is 4. The SMILES string of the molecule is Cc1ccc2cc1CCCNC(=O)CN(C(=O)c1nn(C)cc1Cl)C[C@@H](C)NC(=O)[C@H]([C@@H](C)O)NC2=O. The van der Waals surface area contributed by atoms with Crippen LogP contribution in [-0.4, -0.2) is 81.2 Å². The van der Waals surface area contributed by atoms with Crippen molar-refractivity contribution < 1.29 is 24.3 Å². The zero-order valence-electron chi connectivity index (χ0n) is 21.4. The van der Waals surface area contributed by atoms with E-state index in [0.717, 1.165) is 11.1 Å². The van der Waals surface area contributed by atoms with Crippen molar-refractivity contribution in [1.29, 1.82) is 0 Å². The topological polar surface area (TPSA) is 146 Å². The predicted molar refractivity (Wildman–Crippen MR) is 137 cm³/mol. The number of benzene rings is 1. The number of aromatic nitrogens is 2. The monoisotopic (exact) mass is 532 g/mol. The van der Waals surface area contributed by atoms with Crippen LogP contribution in [-0.2, 0) is 23.1 Å². The molecule has 2 aromatic rings. The van der Waals surface area contributed by atoms with Crippen LogP contribution in [0.1, 0.15) is 52.2 Å². The summed E-state index contributed by atoms with van der Waals surface area (Å²) in [5.74, 6) is -2.05. The average Bonchev–Trinajstić information content (AvgIpc) is 3.16. The smallest absolute Gasteiger partial charge is 0.276 e. The maximum absolute atomic E-state index is 13.2. The van der Waals surface area contributed by atoms with Crippen molar-refractivity contribution in [3.8, 4) is 0 Å². The van der Waals surface area contributed by atoms with Crippen LogP contribution >= 0.6 is 11.6 Å². The molecule has 37 heavy (non-hydrogen) atoms. The second-order valence-corrected chi connectivity index (χ2v) is 9.79. The Bertz CT molecular complexity index is 1180. The van der Waals surface area contributed by atoms with Crippen LogP contribution in [0, 0.1) is 6.92 Å². The summed E-state index contributed by atoms with van der Waals surface area (Å²) in [5.41, 5.74) is 2.28. The van der Waals surface area contributed by atoms with Crippen molar-refractivity contribution in [3.63, 3.8) is 0 Å². The molecule has 0 spiro atoms. The van der Waals surface area contributed by atoms with E-state index in [9.17, 15) is 24.3 Å². The second kappa shape index (κ2) is 12.2. The molecule has 12 heteroatoms. The van der Waals surface area contributed by atoms with Crippen LogP contribution < -0.4 is 16.0 Å². The zero-order chi connectivity index (χ0) is 27.3. The first-order valence-corrected chi connectivity index (χ1v) is 12.5. The number of carbonyl (C=O) groups excluding carboxylic acids is 4. The number of aliphatic hydroxyl groups is 1. The van der Waals surface area contributed by atoms with Gasteiger partial charge in [0.1, 0.15) is 6.04 Å². The largest absolute Gasteiger partial charge is 0.391 e. The first-order chi connectivity index (χ1) is 17.5. The van der Waals surface area contributed by atoms with Gasteiger partial charge in [-0.1, -0.05) is 17.7 Å². The lowest BCUT2D eigenvalue weighted by Gasteiger charge is -2.27. The van der Waals surface area contributed by atoms with E-state index < -0.39 is 35.9 Å². The Morgan fingerprint density at radius 3 is 2.62 bits per heavy atom. The first-order valence-electron chi connectivity index (χ1n) is 12.1. The van der Waals surface area contributed by atoms with Gasteiger partial charge in [-0.05, 0) is 56.9 Å². The first kappa shape index (κ1) is 28.1. The summed E-state index contributed by atoms with van der Waals surface area (Å²) >= 11 is 6.16. The highest BCUT2D eigenvalue weighted by atomic mass is 35.5. The van der Waals surface area contributed by atoms with Crippen LogP contribution in [0.4, 0.5) is 0 Å². The lowest BCUT2D eigenvalue weighted by molar-refractivity contribution is -0.126. The Balaban J connectivity index is 1.89. The molecule has 0 saturated heterocycles. The summed E-state index contributed by atoms with van der Waals surface area (Å²) in [4.78, 5) is 53.1. The predicted octanol–water partition coefficient (Wildman–Crippen LogP) is 0.571. The fourth-order valence-electron chi connectivity index (χ4n) is 4.13. The van der Waals surface area contributed by atoms with Gasteiger partial charge in [-0.15, -0.1) is 0 Å². The van der Waals surface area contributed by atoms with Crippen molar-refractivity contribution in [2.45, 2.75) is 51.8 Å². The van der Waals surface area contributed by atoms with Gasteiger partial charge < -0.3 is 26.0 Å². The molecule has 1 aliphatic rings. The third kappa shape index (κ3) is 7.30. The fourth-order valence-corrected chi connectivity index (χ4v) is 4.39. The standard InChI is InChI=1S/C25H33ClN6O5/c1-14-7-8-18-10-17(14)6-5-9-27-20(34)13-32(25(37)22-19(26)12-31(4)30-22)11-15(2)28-24(36)21(16(3)33)29-23(18)35/h7-8,10,12,15-16,21,33H,5-6,9,11,13H2,1-4H3,(H,27,34)(H,28,36)(H,29,35)/t15-,16-,21+/m1/s1. The Morgan fingerprint density at radius 1 is 1.24 bits per heavy atom. The van der Waals surface area contributed by atoms with Crippen LogP contribution in [0.5, 0.6) is 0 Å². The highest BCUT2D eigenvalue weighted by Gasteiger charge is 2.30. The quantitative estimate of drug-likeness (QED) is 0.445. The van der Waals surface area contributed by atoms with Crippen molar-refractivity contribution >= 4 is 35.2 Å². The number of aryl methyl sites for hydroxylation is 3. The number of hydrogen-bond donors (Lipinski definition) is 4. The average molecular weight is 533 g/mol. The van der Waals surface area contributed by atoms with Gasteiger partial charge in [-0.3, -0.25) is 23.9 Å². The molecule has 1 aliphatic heterocycles. The lowest BCUT2D eigenvalue weighted by atomic mass is 10.00. The molecule has 0 fully saturated rings. The maximum Gasteiger partial charge on any atom is 0.276 e. The number of nitrogens with one attached hydrogen (secondary N) is 3. The molecule has 0 saturated carbocycles. The van der Waals surface area contributed by atoms with Gasteiger partial charge in [-0.25, -0.2) is 0 Å². The summed E-state index contributed by atoms with van der Waals surface area (Å²) in [5, 5.41) is 22.6. The molecule has 200 valence electrons. The van der Waals surface area contributed by atoms with E-state index in [1.54, 1.807) is 26.1 Å². The maximum atomic E-state index is 13.2. The van der Waals surface area contributed by atoms with E-state index >= 15 is 0 Å². The highest BCUT2D eigenvalue weighted by Crippen LogP contribution is 2.17. The van der Waals surface area contributed by atoms with Gasteiger partial charge in [0.05, 0.1) is 17.7 Å². The Hall–Kier alpha value is -3.44. The van der Waals surface area contributed by atoms with Crippen LogP contribution in [0.15, 0.2) is 24.4 Å². The molecule has 1 aromatic heterocycles. The minimum absolute atomic E-state index is 0.00902. The summed E-state index contributed by atoms with van der Waals surface area (Å²) in [7, 11) is 1.62.